The van der Waals surface area contributed by atoms with Crippen LogP contribution in [0.25, 0.3) is 0 Å². The van der Waals surface area contributed by atoms with Gasteiger partial charge in [-0.05, 0) is 0 Å². The van der Waals surface area contributed by atoms with E-state index < -0.39 is 0 Å². The molecule has 1 radical (unpaired) electrons. The molecule has 1 aliphatic carbocycles. The van der Waals surface area contributed by atoms with Crippen molar-refractivity contribution >= 4 is 0 Å². The molecular formula is C8H10Y-2. The predicted molar refractivity (Wildman–Crippen MR) is 36.0 cm³/mol. The fraction of sp³-hybridized carbons (Fsp3) is 0.250. The largest absolute Gasteiger partial charge is 0.338 e. The van der Waals surface area contributed by atoms with Crippen molar-refractivity contribution in [3.8, 4) is 0 Å². The van der Waals surface area contributed by atoms with Crippen LogP contribution < -0.4 is 0 Å². The molecule has 0 aromatic heterocycles. The quantitative estimate of drug-likeness (QED) is 0.518. The van der Waals surface area contributed by atoms with Crippen LogP contribution >= 0.6 is 0 Å². The van der Waals surface area contributed by atoms with Gasteiger partial charge in [-0.25, -0.2) is 0 Å². The summed E-state index contributed by atoms with van der Waals surface area (Å²) in [4.78, 5) is 0. The van der Waals surface area contributed by atoms with Crippen molar-refractivity contribution in [2.75, 3.05) is 0 Å². The van der Waals surface area contributed by atoms with Crippen LogP contribution in [0, 0.1) is 25.7 Å². The Bertz CT molecular complexity index is 109. The first kappa shape index (κ1) is 9.58. The second-order valence-electron chi connectivity index (χ2n) is 2.10. The molecule has 47 valence electrons. The van der Waals surface area contributed by atoms with Crippen molar-refractivity contribution in [3.05, 3.63) is 38.2 Å². The molecule has 0 aliphatic heterocycles. The summed E-state index contributed by atoms with van der Waals surface area (Å²) in [7, 11) is 0. The molecule has 2 unspecified atom stereocenters. The molecule has 0 saturated heterocycles. The molecule has 0 aromatic rings. The maximum atomic E-state index is 3.88. The van der Waals surface area contributed by atoms with Gasteiger partial charge in [-0.2, -0.15) is 11.8 Å². The number of hydrogen-bond donors (Lipinski definition) is 0. The molecule has 0 heterocycles. The van der Waals surface area contributed by atoms with Gasteiger partial charge in [0.1, 0.15) is 0 Å². The first-order valence-electron chi connectivity index (χ1n) is 2.82. The fourth-order valence-corrected chi connectivity index (χ4v) is 0.699. The van der Waals surface area contributed by atoms with Crippen LogP contribution in [0.3, 0.4) is 0 Å². The van der Waals surface area contributed by atoms with Gasteiger partial charge in [-0.1, -0.05) is 12.2 Å². The van der Waals surface area contributed by atoms with Crippen molar-refractivity contribution < 1.29 is 32.7 Å². The average molecular weight is 195 g/mol. The number of allylic oxidation sites excluding steroid dienone is 4. The molecule has 0 spiro atoms. The number of hydrogen-bond acceptors (Lipinski definition) is 0. The molecule has 9 heavy (non-hydrogen) atoms. The third kappa shape index (κ3) is 2.77. The normalized spacial score (nSPS) is 31.8. The zero-order chi connectivity index (χ0) is 5.98. The van der Waals surface area contributed by atoms with E-state index >= 15 is 0 Å². The molecule has 0 saturated carbocycles. The summed E-state index contributed by atoms with van der Waals surface area (Å²) in [6.07, 6.45) is 8.16. The second kappa shape index (κ2) is 4.41. The Kier molecular flexibility index (Phi) is 4.69. The maximum Gasteiger partial charge on any atom is 0 e. The second-order valence-corrected chi connectivity index (χ2v) is 2.10. The topological polar surface area (TPSA) is 0 Å². The van der Waals surface area contributed by atoms with Crippen molar-refractivity contribution in [2.24, 2.45) is 11.8 Å². The van der Waals surface area contributed by atoms with Gasteiger partial charge in [0.2, 0.25) is 0 Å². The zero-order valence-electron chi connectivity index (χ0n) is 5.46. The van der Waals surface area contributed by atoms with Crippen LogP contribution in [0.1, 0.15) is 0 Å². The van der Waals surface area contributed by atoms with Crippen LogP contribution in [-0.2, 0) is 32.7 Å². The number of rotatable bonds is 0. The molecule has 1 aliphatic rings. The minimum atomic E-state index is 0. The standard InChI is InChI=1S/C8H10.Y/c1-7-5-3-4-6-8(7)2;/h3-8H,1-2H2;/q-2;. The van der Waals surface area contributed by atoms with Crippen LogP contribution in [0.5, 0.6) is 0 Å². The molecule has 2 atom stereocenters. The van der Waals surface area contributed by atoms with Crippen molar-refractivity contribution in [1.29, 1.82) is 0 Å². The van der Waals surface area contributed by atoms with E-state index in [1.165, 1.54) is 0 Å². The minimum absolute atomic E-state index is 0. The summed E-state index contributed by atoms with van der Waals surface area (Å²) in [5.41, 5.74) is 0. The third-order valence-electron chi connectivity index (χ3n) is 1.38. The first-order valence-corrected chi connectivity index (χ1v) is 2.82. The Balaban J connectivity index is 0.000000640. The Morgan fingerprint density at radius 2 is 1.22 bits per heavy atom. The molecule has 0 bridgehead atoms. The summed E-state index contributed by atoms with van der Waals surface area (Å²) in [5.74, 6) is 0.750. The summed E-state index contributed by atoms with van der Waals surface area (Å²) >= 11 is 0. The van der Waals surface area contributed by atoms with E-state index in [-0.39, 0.29) is 32.7 Å². The van der Waals surface area contributed by atoms with Gasteiger partial charge >= 0.3 is 0 Å². The molecule has 1 rings (SSSR count). The van der Waals surface area contributed by atoms with Gasteiger partial charge < -0.3 is 13.8 Å². The summed E-state index contributed by atoms with van der Waals surface area (Å²) in [6, 6.07) is 0. The summed E-state index contributed by atoms with van der Waals surface area (Å²) in [5, 5.41) is 0. The van der Waals surface area contributed by atoms with Crippen LogP contribution in [0.15, 0.2) is 24.3 Å². The van der Waals surface area contributed by atoms with E-state index in [1.54, 1.807) is 0 Å². The van der Waals surface area contributed by atoms with E-state index in [0.717, 1.165) is 0 Å². The van der Waals surface area contributed by atoms with Crippen molar-refractivity contribution in [3.63, 3.8) is 0 Å². The van der Waals surface area contributed by atoms with Crippen molar-refractivity contribution in [1.82, 2.24) is 0 Å². The van der Waals surface area contributed by atoms with E-state index in [1.807, 2.05) is 12.2 Å². The monoisotopic (exact) mass is 195 g/mol. The van der Waals surface area contributed by atoms with E-state index in [2.05, 4.69) is 26.0 Å². The van der Waals surface area contributed by atoms with Gasteiger partial charge in [0, 0.05) is 32.7 Å². The fourth-order valence-electron chi connectivity index (χ4n) is 0.699. The average Bonchev–Trinajstić information content (AvgIpc) is 1.77. The van der Waals surface area contributed by atoms with Gasteiger partial charge in [0.05, 0.1) is 0 Å². The Labute approximate surface area is 82.3 Å². The van der Waals surface area contributed by atoms with Gasteiger partial charge in [0.25, 0.3) is 0 Å². The molecule has 0 fully saturated rings. The smallest absolute Gasteiger partial charge is 0 e. The predicted octanol–water partition coefficient (Wildman–Crippen LogP) is 2.01. The van der Waals surface area contributed by atoms with Gasteiger partial charge in [-0.3, -0.25) is 0 Å². The maximum absolute atomic E-state index is 3.88. The first-order chi connectivity index (χ1) is 3.80. The van der Waals surface area contributed by atoms with Crippen LogP contribution in [0.2, 0.25) is 0 Å². The van der Waals surface area contributed by atoms with E-state index in [9.17, 15) is 0 Å². The molecule has 0 nitrogen and oxygen atoms in total. The third-order valence-corrected chi connectivity index (χ3v) is 1.38. The van der Waals surface area contributed by atoms with E-state index in [4.69, 9.17) is 0 Å². The molecular weight excluding hydrogens is 185 g/mol. The SMILES string of the molecule is [CH2-]C1C=CC=CC1[CH2-].[Y]. The Hall–Kier alpha value is 0.584. The molecule has 0 amide bonds. The van der Waals surface area contributed by atoms with E-state index in [0.29, 0.717) is 11.8 Å². The van der Waals surface area contributed by atoms with Crippen molar-refractivity contribution in [2.45, 2.75) is 0 Å². The summed E-state index contributed by atoms with van der Waals surface area (Å²) in [6.45, 7) is 7.76. The van der Waals surface area contributed by atoms with Gasteiger partial charge in [-0.15, -0.1) is 12.2 Å². The molecule has 0 aromatic carbocycles. The van der Waals surface area contributed by atoms with Crippen LogP contribution in [0.4, 0.5) is 0 Å². The van der Waals surface area contributed by atoms with Gasteiger partial charge in [0.15, 0.2) is 0 Å². The molecule has 1 heteroatoms. The summed E-state index contributed by atoms with van der Waals surface area (Å²) < 4.78 is 0. The Morgan fingerprint density at radius 1 is 0.889 bits per heavy atom. The Morgan fingerprint density at radius 3 is 1.44 bits per heavy atom. The van der Waals surface area contributed by atoms with Crippen LogP contribution in [-0.4, -0.2) is 0 Å². The molecule has 0 N–H and O–H groups in total. The minimum Gasteiger partial charge on any atom is -0.338 e. The zero-order valence-corrected chi connectivity index (χ0v) is 8.29.